The van der Waals surface area contributed by atoms with Crippen molar-refractivity contribution in [3.8, 4) is 0 Å². The third-order valence-electron chi connectivity index (χ3n) is 3.88. The lowest BCUT2D eigenvalue weighted by Gasteiger charge is -2.23. The second-order valence-corrected chi connectivity index (χ2v) is 5.52. The first-order valence-electron chi connectivity index (χ1n) is 7.55. The van der Waals surface area contributed by atoms with Crippen molar-refractivity contribution in [2.24, 2.45) is 0 Å². The zero-order valence-electron chi connectivity index (χ0n) is 12.3. The molecule has 3 nitrogen and oxygen atoms in total. The number of furan rings is 1. The summed E-state index contributed by atoms with van der Waals surface area (Å²) in [4.78, 5) is 2.15. The van der Waals surface area contributed by atoms with Crippen LogP contribution in [0.5, 0.6) is 0 Å². The fourth-order valence-corrected chi connectivity index (χ4v) is 2.45. The molecule has 0 unspecified atom stereocenters. The van der Waals surface area contributed by atoms with Gasteiger partial charge < -0.3 is 14.6 Å². The fourth-order valence-electron chi connectivity index (χ4n) is 2.45. The molecule has 112 valence electrons. The molecular weight excluding hydrogens is 267 g/mol. The molecule has 1 N–H and O–H groups in total. The quantitative estimate of drug-likeness (QED) is 0.842. The predicted molar refractivity (Wildman–Crippen MR) is 81.7 cm³/mol. The van der Waals surface area contributed by atoms with Crippen LogP contribution in [0.3, 0.4) is 0 Å². The fraction of sp³-hybridized carbons (Fsp3) is 0.412. The number of halogens is 1. The molecular formula is C17H21FN2O. The summed E-state index contributed by atoms with van der Waals surface area (Å²) in [6, 6.07) is 9.40. The Morgan fingerprint density at radius 1 is 1.33 bits per heavy atom. The predicted octanol–water partition coefficient (Wildman–Crippen LogP) is 3.70. The number of anilines is 1. The summed E-state index contributed by atoms with van der Waals surface area (Å²) in [6.07, 6.45) is 4.26. The maximum absolute atomic E-state index is 13.4. The van der Waals surface area contributed by atoms with Gasteiger partial charge in [0.1, 0.15) is 11.6 Å². The molecule has 0 atom stereocenters. The van der Waals surface area contributed by atoms with E-state index in [1.54, 1.807) is 18.4 Å². The molecule has 0 radical (unpaired) electrons. The molecule has 0 bridgehead atoms. The Hall–Kier alpha value is -1.81. The van der Waals surface area contributed by atoms with Gasteiger partial charge in [0, 0.05) is 30.4 Å². The summed E-state index contributed by atoms with van der Waals surface area (Å²) in [5.74, 6) is 0.783. The third kappa shape index (κ3) is 3.64. The highest BCUT2D eigenvalue weighted by Crippen LogP contribution is 2.23. The molecule has 1 aliphatic rings. The van der Waals surface area contributed by atoms with Crippen molar-refractivity contribution in [3.63, 3.8) is 0 Å². The molecule has 1 saturated carbocycles. The van der Waals surface area contributed by atoms with E-state index in [0.717, 1.165) is 36.6 Å². The monoisotopic (exact) mass is 288 g/mol. The van der Waals surface area contributed by atoms with E-state index in [1.165, 1.54) is 18.9 Å². The first-order valence-corrected chi connectivity index (χ1v) is 7.55. The van der Waals surface area contributed by atoms with Crippen LogP contribution in [0.1, 0.15) is 31.1 Å². The van der Waals surface area contributed by atoms with Crippen LogP contribution in [0.2, 0.25) is 0 Å². The number of hydrogen-bond acceptors (Lipinski definition) is 3. The zero-order valence-corrected chi connectivity index (χ0v) is 12.3. The average Bonchev–Trinajstić information content (AvgIpc) is 3.21. The lowest BCUT2D eigenvalue weighted by atomic mass is 10.2. The standard InChI is InChI=1S/C17H21FN2O/c1-2-20(16-5-3-4-14(18)10-16)12-13-8-9-21-17(13)11-19-15-6-7-15/h3-5,8-10,15,19H,2,6-7,11-12H2,1H3. The molecule has 4 heteroatoms. The molecule has 1 aromatic carbocycles. The highest BCUT2D eigenvalue weighted by molar-refractivity contribution is 5.47. The van der Waals surface area contributed by atoms with Crippen LogP contribution >= 0.6 is 0 Å². The van der Waals surface area contributed by atoms with Gasteiger partial charge in [0.25, 0.3) is 0 Å². The lowest BCUT2D eigenvalue weighted by molar-refractivity contribution is 0.477. The van der Waals surface area contributed by atoms with Gasteiger partial charge in [-0.15, -0.1) is 0 Å². The van der Waals surface area contributed by atoms with Crippen molar-refractivity contribution in [2.75, 3.05) is 11.4 Å². The summed E-state index contributed by atoms with van der Waals surface area (Å²) in [7, 11) is 0. The summed E-state index contributed by atoms with van der Waals surface area (Å²) in [5.41, 5.74) is 2.06. The SMILES string of the molecule is CCN(Cc1ccoc1CNC1CC1)c1cccc(F)c1. The molecule has 2 aromatic rings. The Morgan fingerprint density at radius 2 is 2.19 bits per heavy atom. The van der Waals surface area contributed by atoms with Crippen LogP contribution in [0.25, 0.3) is 0 Å². The minimum Gasteiger partial charge on any atom is -0.468 e. The Bertz CT molecular complexity index is 592. The molecule has 1 fully saturated rings. The Labute approximate surface area is 124 Å². The number of benzene rings is 1. The van der Waals surface area contributed by atoms with Gasteiger partial charge in [-0.2, -0.15) is 0 Å². The molecule has 3 rings (SSSR count). The molecule has 0 aliphatic heterocycles. The molecule has 0 saturated heterocycles. The van der Waals surface area contributed by atoms with Gasteiger partial charge >= 0.3 is 0 Å². The van der Waals surface area contributed by atoms with Crippen molar-refractivity contribution < 1.29 is 8.81 Å². The number of hydrogen-bond donors (Lipinski definition) is 1. The number of nitrogens with one attached hydrogen (secondary N) is 1. The van der Waals surface area contributed by atoms with E-state index in [0.29, 0.717) is 6.04 Å². The first-order chi connectivity index (χ1) is 10.3. The van der Waals surface area contributed by atoms with Crippen LogP contribution in [-0.2, 0) is 13.1 Å². The minimum absolute atomic E-state index is 0.200. The van der Waals surface area contributed by atoms with E-state index in [9.17, 15) is 4.39 Å². The van der Waals surface area contributed by atoms with Crippen molar-refractivity contribution in [1.82, 2.24) is 5.32 Å². The first kappa shape index (κ1) is 14.1. The second kappa shape index (κ2) is 6.31. The third-order valence-corrected chi connectivity index (χ3v) is 3.88. The summed E-state index contributed by atoms with van der Waals surface area (Å²) < 4.78 is 19.0. The summed E-state index contributed by atoms with van der Waals surface area (Å²) in [6.45, 7) is 4.41. The zero-order chi connectivity index (χ0) is 14.7. The number of rotatable bonds is 7. The molecule has 0 spiro atoms. The normalized spacial score (nSPS) is 14.4. The van der Waals surface area contributed by atoms with Crippen molar-refractivity contribution in [3.05, 3.63) is 53.7 Å². The van der Waals surface area contributed by atoms with E-state index < -0.39 is 0 Å². The summed E-state index contributed by atoms with van der Waals surface area (Å²) in [5, 5.41) is 3.47. The molecule has 1 heterocycles. The Kier molecular flexibility index (Phi) is 4.25. The van der Waals surface area contributed by atoms with E-state index in [2.05, 4.69) is 17.1 Å². The van der Waals surface area contributed by atoms with Gasteiger partial charge in [0.15, 0.2) is 0 Å². The maximum Gasteiger partial charge on any atom is 0.125 e. The largest absolute Gasteiger partial charge is 0.468 e. The highest BCUT2D eigenvalue weighted by atomic mass is 19.1. The summed E-state index contributed by atoms with van der Waals surface area (Å²) >= 11 is 0. The smallest absolute Gasteiger partial charge is 0.125 e. The van der Waals surface area contributed by atoms with Gasteiger partial charge in [0.2, 0.25) is 0 Å². The van der Waals surface area contributed by atoms with Crippen molar-refractivity contribution >= 4 is 5.69 Å². The topological polar surface area (TPSA) is 28.4 Å². The average molecular weight is 288 g/mol. The van der Waals surface area contributed by atoms with Crippen LogP contribution in [0, 0.1) is 5.82 Å². The highest BCUT2D eigenvalue weighted by Gasteiger charge is 2.21. The van der Waals surface area contributed by atoms with E-state index >= 15 is 0 Å². The van der Waals surface area contributed by atoms with Gasteiger partial charge in [-0.25, -0.2) is 4.39 Å². The van der Waals surface area contributed by atoms with Gasteiger partial charge in [0.05, 0.1) is 12.8 Å². The van der Waals surface area contributed by atoms with Gasteiger partial charge in [-0.05, 0) is 44.0 Å². The van der Waals surface area contributed by atoms with Gasteiger partial charge in [-0.3, -0.25) is 0 Å². The Balaban J connectivity index is 1.70. The second-order valence-electron chi connectivity index (χ2n) is 5.52. The Morgan fingerprint density at radius 3 is 2.90 bits per heavy atom. The van der Waals surface area contributed by atoms with E-state index in [1.807, 2.05) is 12.1 Å². The molecule has 1 aliphatic carbocycles. The van der Waals surface area contributed by atoms with Crippen LogP contribution in [0.4, 0.5) is 10.1 Å². The van der Waals surface area contributed by atoms with Crippen LogP contribution in [0.15, 0.2) is 41.0 Å². The van der Waals surface area contributed by atoms with E-state index in [-0.39, 0.29) is 5.82 Å². The molecule has 21 heavy (non-hydrogen) atoms. The lowest BCUT2D eigenvalue weighted by Crippen LogP contribution is -2.23. The number of nitrogens with zero attached hydrogens (tertiary/aromatic N) is 1. The molecule has 0 amide bonds. The van der Waals surface area contributed by atoms with Crippen molar-refractivity contribution in [2.45, 2.75) is 38.9 Å². The van der Waals surface area contributed by atoms with E-state index in [4.69, 9.17) is 4.42 Å². The minimum atomic E-state index is -0.200. The van der Waals surface area contributed by atoms with Crippen LogP contribution in [-0.4, -0.2) is 12.6 Å². The molecule has 1 aromatic heterocycles. The van der Waals surface area contributed by atoms with Crippen molar-refractivity contribution in [1.29, 1.82) is 0 Å². The maximum atomic E-state index is 13.4. The van der Waals surface area contributed by atoms with Crippen LogP contribution < -0.4 is 10.2 Å². The van der Waals surface area contributed by atoms with Gasteiger partial charge in [-0.1, -0.05) is 6.07 Å².